The fourth-order valence-electron chi connectivity index (χ4n) is 1.30. The van der Waals surface area contributed by atoms with Crippen molar-refractivity contribution in [1.82, 2.24) is 5.32 Å². The van der Waals surface area contributed by atoms with Crippen LogP contribution in [0.1, 0.15) is 16.8 Å². The number of hydrogen-bond donors (Lipinski definition) is 3. The number of nitrogens with one attached hydrogen (secondary N) is 1. The number of amides is 1. The molecular weight excluding hydrogens is 236 g/mol. The monoisotopic (exact) mass is 252 g/mol. The van der Waals surface area contributed by atoms with E-state index in [1.165, 1.54) is 12.1 Å². The topological polar surface area (TPSA) is 102 Å². The van der Waals surface area contributed by atoms with E-state index in [1.54, 1.807) is 12.1 Å². The second kappa shape index (κ2) is 7.29. The van der Waals surface area contributed by atoms with Gasteiger partial charge in [0.25, 0.3) is 0 Å². The third-order valence-corrected chi connectivity index (χ3v) is 2.18. The van der Waals surface area contributed by atoms with Crippen LogP contribution < -0.4 is 15.8 Å². The molecule has 1 aromatic rings. The van der Waals surface area contributed by atoms with Crippen molar-refractivity contribution in [1.29, 1.82) is 0 Å². The summed E-state index contributed by atoms with van der Waals surface area (Å²) in [7, 11) is 0. The Bertz CT molecular complexity index is 420. The van der Waals surface area contributed by atoms with Gasteiger partial charge in [0.15, 0.2) is 0 Å². The third kappa shape index (κ3) is 5.31. The van der Waals surface area contributed by atoms with Crippen molar-refractivity contribution in [3.63, 3.8) is 0 Å². The van der Waals surface area contributed by atoms with Crippen molar-refractivity contribution in [3.05, 3.63) is 29.8 Å². The van der Waals surface area contributed by atoms with Crippen molar-refractivity contribution in [2.45, 2.75) is 6.42 Å². The van der Waals surface area contributed by atoms with Gasteiger partial charge in [-0.1, -0.05) is 6.07 Å². The lowest BCUT2D eigenvalue weighted by molar-refractivity contribution is -0.117. The maximum Gasteiger partial charge on any atom is 0.335 e. The van der Waals surface area contributed by atoms with Crippen LogP contribution in [0, 0.1) is 0 Å². The maximum absolute atomic E-state index is 10.7. The predicted molar refractivity (Wildman–Crippen MR) is 65.6 cm³/mol. The van der Waals surface area contributed by atoms with Crippen LogP contribution in [0.15, 0.2) is 24.3 Å². The van der Waals surface area contributed by atoms with Crippen molar-refractivity contribution >= 4 is 11.9 Å². The summed E-state index contributed by atoms with van der Waals surface area (Å²) in [4.78, 5) is 21.2. The zero-order valence-corrected chi connectivity index (χ0v) is 9.89. The first kappa shape index (κ1) is 14.0. The van der Waals surface area contributed by atoms with E-state index in [4.69, 9.17) is 15.6 Å². The lowest BCUT2D eigenvalue weighted by Crippen LogP contribution is -2.25. The van der Waals surface area contributed by atoms with Crippen LogP contribution in [0.2, 0.25) is 0 Å². The molecule has 0 radical (unpaired) electrons. The molecule has 1 rings (SSSR count). The molecule has 98 valence electrons. The molecule has 0 atom stereocenters. The molecule has 0 unspecified atom stereocenters. The van der Waals surface area contributed by atoms with Gasteiger partial charge in [-0.25, -0.2) is 4.79 Å². The molecule has 0 spiro atoms. The van der Waals surface area contributed by atoms with Gasteiger partial charge >= 0.3 is 5.97 Å². The fourth-order valence-corrected chi connectivity index (χ4v) is 1.30. The summed E-state index contributed by atoms with van der Waals surface area (Å²) in [6.07, 6.45) is 0.286. The van der Waals surface area contributed by atoms with Gasteiger partial charge in [-0.05, 0) is 18.2 Å². The van der Waals surface area contributed by atoms with Gasteiger partial charge in [0.1, 0.15) is 12.4 Å². The predicted octanol–water partition coefficient (Wildman–Crippen LogP) is 0.229. The summed E-state index contributed by atoms with van der Waals surface area (Å²) in [6.45, 7) is 1.46. The highest BCUT2D eigenvalue weighted by atomic mass is 16.5. The minimum absolute atomic E-state index is 0.189. The third-order valence-electron chi connectivity index (χ3n) is 2.18. The van der Waals surface area contributed by atoms with E-state index in [0.29, 0.717) is 25.4 Å². The Kier molecular flexibility index (Phi) is 5.66. The first-order chi connectivity index (χ1) is 8.59. The Morgan fingerprint density at radius 1 is 1.33 bits per heavy atom. The average molecular weight is 252 g/mol. The molecular formula is C12H16N2O4. The number of hydrogen-bond acceptors (Lipinski definition) is 4. The number of carboxylic acid groups (broad SMARTS) is 1. The van der Waals surface area contributed by atoms with Crippen molar-refractivity contribution < 1.29 is 19.4 Å². The van der Waals surface area contributed by atoms with Crippen LogP contribution in [0.3, 0.4) is 0 Å². The number of aromatic carboxylic acids is 1. The SMILES string of the molecule is NC(=O)CCNCCOc1cccc(C(=O)O)c1. The van der Waals surface area contributed by atoms with Gasteiger partial charge in [-0.3, -0.25) is 4.79 Å². The van der Waals surface area contributed by atoms with Crippen LogP contribution in [0.4, 0.5) is 0 Å². The Labute approximate surface area is 105 Å². The minimum atomic E-state index is -0.986. The van der Waals surface area contributed by atoms with Gasteiger partial charge in [0.2, 0.25) is 5.91 Å². The molecule has 4 N–H and O–H groups in total. The Morgan fingerprint density at radius 2 is 2.11 bits per heavy atom. The average Bonchev–Trinajstić information content (AvgIpc) is 2.33. The number of carboxylic acids is 1. The van der Waals surface area contributed by atoms with Crippen molar-refractivity contribution in [2.24, 2.45) is 5.73 Å². The largest absolute Gasteiger partial charge is 0.492 e. The number of carbonyl (C=O) groups is 2. The molecule has 0 aliphatic rings. The van der Waals surface area contributed by atoms with Crippen LogP contribution in [0.5, 0.6) is 5.75 Å². The number of nitrogens with two attached hydrogens (primary N) is 1. The summed E-state index contributed by atoms with van der Waals surface area (Å²) in [6, 6.07) is 6.28. The van der Waals surface area contributed by atoms with E-state index >= 15 is 0 Å². The van der Waals surface area contributed by atoms with Gasteiger partial charge in [-0.15, -0.1) is 0 Å². The molecule has 0 aliphatic heterocycles. The van der Waals surface area contributed by atoms with Gasteiger partial charge < -0.3 is 20.9 Å². The zero-order chi connectivity index (χ0) is 13.4. The Morgan fingerprint density at radius 3 is 2.78 bits per heavy atom. The van der Waals surface area contributed by atoms with Crippen LogP contribution in [-0.4, -0.2) is 36.7 Å². The van der Waals surface area contributed by atoms with Crippen LogP contribution in [0.25, 0.3) is 0 Å². The number of ether oxygens (including phenoxy) is 1. The molecule has 0 saturated carbocycles. The lowest BCUT2D eigenvalue weighted by Gasteiger charge is -2.07. The Hall–Kier alpha value is -2.08. The highest BCUT2D eigenvalue weighted by Gasteiger charge is 2.03. The first-order valence-electron chi connectivity index (χ1n) is 5.55. The first-order valence-corrected chi connectivity index (χ1v) is 5.55. The number of benzene rings is 1. The van der Waals surface area contributed by atoms with E-state index in [1.807, 2.05) is 0 Å². The molecule has 6 heteroatoms. The molecule has 0 saturated heterocycles. The summed E-state index contributed by atoms with van der Waals surface area (Å²) >= 11 is 0. The smallest absolute Gasteiger partial charge is 0.335 e. The molecule has 0 bridgehead atoms. The van der Waals surface area contributed by atoms with Crippen LogP contribution in [-0.2, 0) is 4.79 Å². The summed E-state index contributed by atoms with van der Waals surface area (Å²) in [5.74, 6) is -0.829. The van der Waals surface area contributed by atoms with Crippen molar-refractivity contribution in [2.75, 3.05) is 19.7 Å². The quantitative estimate of drug-likeness (QED) is 0.575. The zero-order valence-electron chi connectivity index (χ0n) is 9.89. The Balaban J connectivity index is 2.25. The van der Waals surface area contributed by atoms with E-state index in [2.05, 4.69) is 5.32 Å². The molecule has 6 nitrogen and oxygen atoms in total. The van der Waals surface area contributed by atoms with E-state index in [0.717, 1.165) is 0 Å². The molecule has 18 heavy (non-hydrogen) atoms. The summed E-state index contributed by atoms with van der Waals surface area (Å²) < 4.78 is 5.36. The molecule has 1 aromatic carbocycles. The van der Waals surface area contributed by atoms with E-state index < -0.39 is 5.97 Å². The standard InChI is InChI=1S/C12H16N2O4/c13-11(15)4-5-14-6-7-18-10-3-1-2-9(8-10)12(16)17/h1-3,8,14H,4-7H2,(H2,13,15)(H,16,17). The van der Waals surface area contributed by atoms with Gasteiger partial charge in [0.05, 0.1) is 5.56 Å². The maximum atomic E-state index is 10.7. The van der Waals surface area contributed by atoms with E-state index in [-0.39, 0.29) is 17.9 Å². The number of carbonyl (C=O) groups excluding carboxylic acids is 1. The molecule has 0 aliphatic carbocycles. The van der Waals surface area contributed by atoms with E-state index in [9.17, 15) is 9.59 Å². The molecule has 0 fully saturated rings. The number of primary amides is 1. The summed E-state index contributed by atoms with van der Waals surface area (Å²) in [5, 5.41) is 11.8. The molecule has 1 amide bonds. The molecule has 0 aromatic heterocycles. The van der Waals surface area contributed by atoms with Crippen molar-refractivity contribution in [3.8, 4) is 5.75 Å². The normalized spacial score (nSPS) is 10.0. The van der Waals surface area contributed by atoms with Crippen LogP contribution >= 0.6 is 0 Å². The second-order valence-corrected chi connectivity index (χ2v) is 3.65. The van der Waals surface area contributed by atoms with Gasteiger partial charge in [0, 0.05) is 19.5 Å². The minimum Gasteiger partial charge on any atom is -0.492 e. The molecule has 0 heterocycles. The fraction of sp³-hybridized carbons (Fsp3) is 0.333. The van der Waals surface area contributed by atoms with Gasteiger partial charge in [-0.2, -0.15) is 0 Å². The lowest BCUT2D eigenvalue weighted by atomic mass is 10.2. The highest BCUT2D eigenvalue weighted by molar-refractivity contribution is 5.87. The second-order valence-electron chi connectivity index (χ2n) is 3.65. The number of rotatable bonds is 8. The highest BCUT2D eigenvalue weighted by Crippen LogP contribution is 2.12. The summed E-state index contributed by atoms with van der Waals surface area (Å²) in [5.41, 5.74) is 5.17.